The number of fused-ring (bicyclic) bond motifs is 6. The van der Waals surface area contributed by atoms with Crippen LogP contribution in [0.3, 0.4) is 0 Å². The molecule has 5 nitrogen and oxygen atoms in total. The van der Waals surface area contributed by atoms with Gasteiger partial charge in [-0.2, -0.15) is 0 Å². The van der Waals surface area contributed by atoms with Gasteiger partial charge in [0.1, 0.15) is 11.0 Å². The highest BCUT2D eigenvalue weighted by atomic mass is 32.1. The van der Waals surface area contributed by atoms with Gasteiger partial charge in [-0.05, 0) is 35.7 Å². The van der Waals surface area contributed by atoms with Crippen molar-refractivity contribution in [2.24, 2.45) is 7.05 Å². The Morgan fingerprint density at radius 3 is 2.46 bits per heavy atom. The topological polar surface area (TPSA) is 52.2 Å². The molecule has 6 aromatic rings. The second-order valence-corrected chi connectivity index (χ2v) is 7.72. The third-order valence-corrected chi connectivity index (χ3v) is 6.09. The van der Waals surface area contributed by atoms with Crippen molar-refractivity contribution >= 4 is 50.0 Å². The molecule has 2 aromatic carbocycles. The zero-order chi connectivity index (χ0) is 18.8. The number of aromatic nitrogens is 4. The molecular formula is C22H14N4OS. The first kappa shape index (κ1) is 15.5. The summed E-state index contributed by atoms with van der Waals surface area (Å²) >= 11 is 1.63. The van der Waals surface area contributed by atoms with Crippen molar-refractivity contribution in [3.63, 3.8) is 0 Å². The van der Waals surface area contributed by atoms with Gasteiger partial charge in [0.2, 0.25) is 5.43 Å². The van der Waals surface area contributed by atoms with E-state index in [1.165, 1.54) is 0 Å². The lowest BCUT2D eigenvalue weighted by atomic mass is 10.1. The van der Waals surface area contributed by atoms with Gasteiger partial charge in [-0.1, -0.05) is 30.3 Å². The number of imidazole rings is 1. The van der Waals surface area contributed by atoms with E-state index in [1.807, 2.05) is 82.1 Å². The third kappa shape index (κ3) is 1.92. The number of benzene rings is 2. The molecule has 6 heteroatoms. The minimum atomic E-state index is -0.0331. The van der Waals surface area contributed by atoms with E-state index in [-0.39, 0.29) is 5.43 Å². The van der Waals surface area contributed by atoms with E-state index in [4.69, 9.17) is 9.97 Å². The zero-order valence-electron chi connectivity index (χ0n) is 15.0. The predicted octanol–water partition coefficient (Wildman–Crippen LogP) is 4.62. The average molecular weight is 382 g/mol. The Kier molecular flexibility index (Phi) is 3.05. The SMILES string of the molecule is Cn1c2ccccc2c(=O)c2c1nc(-c1cccs1)n1c3ccccc3nc21. The van der Waals surface area contributed by atoms with Crippen LogP contribution in [0.25, 0.3) is 49.3 Å². The summed E-state index contributed by atoms with van der Waals surface area (Å²) in [6, 6.07) is 19.6. The summed E-state index contributed by atoms with van der Waals surface area (Å²) in [7, 11) is 1.95. The fraction of sp³-hybridized carbons (Fsp3) is 0.0455. The van der Waals surface area contributed by atoms with Crippen LogP contribution in [0.2, 0.25) is 0 Å². The van der Waals surface area contributed by atoms with Crippen LogP contribution in [-0.4, -0.2) is 18.9 Å². The lowest BCUT2D eigenvalue weighted by Gasteiger charge is -2.12. The van der Waals surface area contributed by atoms with Gasteiger partial charge in [0, 0.05) is 12.4 Å². The quantitative estimate of drug-likeness (QED) is 0.390. The van der Waals surface area contributed by atoms with Crippen LogP contribution in [0.4, 0.5) is 0 Å². The number of nitrogens with zero attached hydrogens (tertiary/aromatic N) is 4. The van der Waals surface area contributed by atoms with Gasteiger partial charge in [-0.25, -0.2) is 9.97 Å². The van der Waals surface area contributed by atoms with Crippen molar-refractivity contribution in [3.05, 3.63) is 76.3 Å². The summed E-state index contributed by atoms with van der Waals surface area (Å²) in [6.45, 7) is 0. The average Bonchev–Trinajstić information content (AvgIpc) is 3.39. The van der Waals surface area contributed by atoms with Gasteiger partial charge >= 0.3 is 0 Å². The number of pyridine rings is 1. The molecule has 0 bridgehead atoms. The largest absolute Gasteiger partial charge is 0.328 e. The lowest BCUT2D eigenvalue weighted by molar-refractivity contribution is 0.968. The number of hydrogen-bond acceptors (Lipinski definition) is 4. The van der Waals surface area contributed by atoms with Crippen molar-refractivity contribution < 1.29 is 0 Å². The van der Waals surface area contributed by atoms with Gasteiger partial charge in [0.05, 0.1) is 21.4 Å². The summed E-state index contributed by atoms with van der Waals surface area (Å²) in [5.41, 5.74) is 3.94. The highest BCUT2D eigenvalue weighted by Gasteiger charge is 2.20. The standard InChI is InChI=1S/C22H14N4OS/c1-25-15-9-4-2-7-13(15)19(27)18-21(25)24-20(17-11-6-12-28-17)26-16-10-5-3-8-14(16)23-22(18)26/h2-12H,1H3. The molecule has 4 aromatic heterocycles. The molecule has 0 aliphatic heterocycles. The Labute approximate surface area is 163 Å². The van der Waals surface area contributed by atoms with Gasteiger partial charge in [0.15, 0.2) is 11.5 Å². The molecule has 28 heavy (non-hydrogen) atoms. The van der Waals surface area contributed by atoms with Crippen LogP contribution in [0.5, 0.6) is 0 Å². The van der Waals surface area contributed by atoms with Crippen LogP contribution in [0.15, 0.2) is 70.8 Å². The fourth-order valence-electron chi connectivity index (χ4n) is 3.94. The van der Waals surface area contributed by atoms with Gasteiger partial charge < -0.3 is 4.57 Å². The van der Waals surface area contributed by atoms with Crippen LogP contribution >= 0.6 is 11.3 Å². The molecule has 0 N–H and O–H groups in total. The number of hydrogen-bond donors (Lipinski definition) is 0. The minimum Gasteiger partial charge on any atom is -0.328 e. The Morgan fingerprint density at radius 1 is 0.857 bits per heavy atom. The first-order valence-corrected chi connectivity index (χ1v) is 9.84. The second-order valence-electron chi connectivity index (χ2n) is 6.78. The van der Waals surface area contributed by atoms with Crippen molar-refractivity contribution in [3.8, 4) is 10.7 Å². The molecule has 0 unspecified atom stereocenters. The fourth-order valence-corrected chi connectivity index (χ4v) is 4.64. The molecular weight excluding hydrogens is 368 g/mol. The number of aryl methyl sites for hydroxylation is 1. The molecule has 0 atom stereocenters. The third-order valence-electron chi connectivity index (χ3n) is 5.23. The van der Waals surface area contributed by atoms with Crippen molar-refractivity contribution in [1.29, 1.82) is 0 Å². The smallest absolute Gasteiger partial charge is 0.202 e. The summed E-state index contributed by atoms with van der Waals surface area (Å²) in [6.07, 6.45) is 0. The number of para-hydroxylation sites is 3. The van der Waals surface area contributed by atoms with E-state index in [0.29, 0.717) is 22.1 Å². The minimum absolute atomic E-state index is 0.0331. The Hall–Kier alpha value is -3.51. The summed E-state index contributed by atoms with van der Waals surface area (Å²) in [4.78, 5) is 24.3. The van der Waals surface area contributed by atoms with E-state index >= 15 is 0 Å². The molecule has 0 saturated heterocycles. The predicted molar refractivity (Wildman–Crippen MR) is 114 cm³/mol. The first-order valence-electron chi connectivity index (χ1n) is 8.96. The Morgan fingerprint density at radius 2 is 1.64 bits per heavy atom. The van der Waals surface area contributed by atoms with E-state index in [9.17, 15) is 4.79 Å². The molecule has 0 radical (unpaired) electrons. The maximum atomic E-state index is 13.4. The Balaban J connectivity index is 1.98. The van der Waals surface area contributed by atoms with Crippen LogP contribution < -0.4 is 5.43 Å². The number of thiophene rings is 1. The maximum Gasteiger partial charge on any atom is 0.202 e. The summed E-state index contributed by atoms with van der Waals surface area (Å²) < 4.78 is 4.00. The molecule has 0 fully saturated rings. The molecule has 134 valence electrons. The molecule has 0 spiro atoms. The van der Waals surface area contributed by atoms with Crippen LogP contribution in [-0.2, 0) is 7.05 Å². The van der Waals surface area contributed by atoms with Crippen molar-refractivity contribution in [1.82, 2.24) is 18.9 Å². The molecule has 0 saturated carbocycles. The number of rotatable bonds is 1. The maximum absolute atomic E-state index is 13.4. The van der Waals surface area contributed by atoms with Crippen LogP contribution in [0, 0.1) is 0 Å². The summed E-state index contributed by atoms with van der Waals surface area (Å²) in [5.74, 6) is 0.802. The van der Waals surface area contributed by atoms with Gasteiger partial charge in [-0.3, -0.25) is 9.20 Å². The summed E-state index contributed by atoms with van der Waals surface area (Å²) in [5, 5.41) is 3.26. The van der Waals surface area contributed by atoms with E-state index in [2.05, 4.69) is 0 Å². The van der Waals surface area contributed by atoms with Gasteiger partial charge in [0.25, 0.3) is 0 Å². The molecule has 0 amide bonds. The van der Waals surface area contributed by atoms with Gasteiger partial charge in [-0.15, -0.1) is 11.3 Å². The second kappa shape index (κ2) is 5.50. The van der Waals surface area contributed by atoms with Crippen molar-refractivity contribution in [2.75, 3.05) is 0 Å². The normalized spacial score (nSPS) is 11.9. The van der Waals surface area contributed by atoms with Crippen molar-refractivity contribution in [2.45, 2.75) is 0 Å². The molecule has 0 aliphatic carbocycles. The molecule has 4 heterocycles. The molecule has 6 rings (SSSR count). The van der Waals surface area contributed by atoms with E-state index < -0.39 is 0 Å². The monoisotopic (exact) mass is 382 g/mol. The van der Waals surface area contributed by atoms with Crippen LogP contribution in [0.1, 0.15) is 0 Å². The van der Waals surface area contributed by atoms with E-state index in [1.54, 1.807) is 11.3 Å². The zero-order valence-corrected chi connectivity index (χ0v) is 15.8. The Bertz CT molecular complexity index is 1590. The first-order chi connectivity index (χ1) is 13.7. The molecule has 0 aliphatic rings. The lowest BCUT2D eigenvalue weighted by Crippen LogP contribution is -2.13. The highest BCUT2D eigenvalue weighted by molar-refractivity contribution is 7.13. The highest BCUT2D eigenvalue weighted by Crippen LogP contribution is 2.31. The van der Waals surface area contributed by atoms with E-state index in [0.717, 1.165) is 27.3 Å².